The Morgan fingerprint density at radius 3 is 2.28 bits per heavy atom. The van der Waals surface area contributed by atoms with Crippen LogP contribution in [0, 0.1) is 0 Å². The first-order valence-corrected chi connectivity index (χ1v) is 8.41. The summed E-state index contributed by atoms with van der Waals surface area (Å²) in [7, 11) is 0. The molecule has 0 aliphatic carbocycles. The second-order valence-electron chi connectivity index (χ2n) is 6.01. The summed E-state index contributed by atoms with van der Waals surface area (Å²) in [4.78, 5) is 12.5. The van der Waals surface area contributed by atoms with Gasteiger partial charge in [-0.05, 0) is 31.0 Å². The molecule has 0 heterocycles. The molecule has 2 aromatic rings. The predicted octanol–water partition coefficient (Wildman–Crippen LogP) is 3.93. The fourth-order valence-electron chi connectivity index (χ4n) is 2.40. The van der Waals surface area contributed by atoms with Crippen LogP contribution in [0.1, 0.15) is 42.6 Å². The predicted molar refractivity (Wildman–Crippen MR) is 104 cm³/mol. The van der Waals surface area contributed by atoms with Crippen LogP contribution in [0.2, 0.25) is 0 Å². The number of rotatable bonds is 8. The van der Waals surface area contributed by atoms with Crippen LogP contribution in [-0.2, 0) is 6.61 Å². The number of nitrogens with one attached hydrogen (secondary N) is 1. The fourth-order valence-corrected chi connectivity index (χ4v) is 2.40. The van der Waals surface area contributed by atoms with Gasteiger partial charge in [0.2, 0.25) is 0 Å². The van der Waals surface area contributed by atoms with Gasteiger partial charge in [-0.2, -0.15) is 0 Å². The molecular formula is C20H27ClN2O2. The van der Waals surface area contributed by atoms with Crippen LogP contribution >= 0.6 is 12.4 Å². The second-order valence-corrected chi connectivity index (χ2v) is 6.01. The molecule has 2 aromatic carbocycles. The number of ether oxygens (including phenoxy) is 1. The van der Waals surface area contributed by atoms with Crippen LogP contribution in [0.5, 0.6) is 5.75 Å². The minimum absolute atomic E-state index is 0. The average molecular weight is 363 g/mol. The molecule has 0 bridgehead atoms. The lowest BCUT2D eigenvalue weighted by atomic mass is 9.94. The van der Waals surface area contributed by atoms with Crippen LogP contribution in [0.3, 0.4) is 0 Å². The Morgan fingerprint density at radius 1 is 1.04 bits per heavy atom. The van der Waals surface area contributed by atoms with Gasteiger partial charge in [0.15, 0.2) is 0 Å². The molecule has 136 valence electrons. The average Bonchev–Trinajstić information content (AvgIpc) is 2.65. The molecule has 0 radical (unpaired) electrons. The van der Waals surface area contributed by atoms with E-state index in [1.165, 1.54) is 0 Å². The SMILES string of the molecule is CCC(N)(CC)CNC(=O)c1ccccc1COc1ccccc1.Cl. The van der Waals surface area contributed by atoms with E-state index in [2.05, 4.69) is 5.32 Å². The van der Waals surface area contributed by atoms with E-state index in [0.29, 0.717) is 18.7 Å². The van der Waals surface area contributed by atoms with Crippen molar-refractivity contribution in [2.24, 2.45) is 5.73 Å². The first kappa shape index (κ1) is 21.0. The van der Waals surface area contributed by atoms with Gasteiger partial charge in [0.05, 0.1) is 0 Å². The molecule has 0 unspecified atom stereocenters. The van der Waals surface area contributed by atoms with Gasteiger partial charge >= 0.3 is 0 Å². The van der Waals surface area contributed by atoms with Crippen LogP contribution in [0.15, 0.2) is 54.6 Å². The molecule has 5 heteroatoms. The lowest BCUT2D eigenvalue weighted by molar-refractivity contribution is 0.0939. The largest absolute Gasteiger partial charge is 0.489 e. The highest BCUT2D eigenvalue weighted by Crippen LogP contribution is 2.15. The van der Waals surface area contributed by atoms with Crippen molar-refractivity contribution in [3.05, 3.63) is 65.7 Å². The Labute approximate surface area is 156 Å². The monoisotopic (exact) mass is 362 g/mol. The summed E-state index contributed by atoms with van der Waals surface area (Å²) < 4.78 is 5.77. The van der Waals surface area contributed by atoms with E-state index in [0.717, 1.165) is 24.2 Å². The number of hydrogen-bond acceptors (Lipinski definition) is 3. The molecular weight excluding hydrogens is 336 g/mol. The summed E-state index contributed by atoms with van der Waals surface area (Å²) in [5, 5.41) is 2.96. The minimum atomic E-state index is -0.356. The van der Waals surface area contributed by atoms with E-state index in [9.17, 15) is 4.79 Å². The quantitative estimate of drug-likeness (QED) is 0.747. The molecule has 2 rings (SSSR count). The molecule has 0 fully saturated rings. The first-order chi connectivity index (χ1) is 11.6. The van der Waals surface area contributed by atoms with Crippen molar-refractivity contribution in [3.8, 4) is 5.75 Å². The highest BCUT2D eigenvalue weighted by Gasteiger charge is 2.21. The standard InChI is InChI=1S/C20H26N2O2.ClH/c1-3-20(21,4-2)15-22-19(23)18-13-9-8-10-16(18)14-24-17-11-6-5-7-12-17;/h5-13H,3-4,14-15,21H2,1-2H3,(H,22,23);1H. The Hall–Kier alpha value is -2.04. The zero-order valence-corrected chi connectivity index (χ0v) is 15.6. The molecule has 25 heavy (non-hydrogen) atoms. The van der Waals surface area contributed by atoms with E-state index in [-0.39, 0.29) is 23.9 Å². The fraction of sp³-hybridized carbons (Fsp3) is 0.350. The zero-order valence-electron chi connectivity index (χ0n) is 14.8. The van der Waals surface area contributed by atoms with Crippen molar-refractivity contribution in [1.82, 2.24) is 5.32 Å². The van der Waals surface area contributed by atoms with Crippen LogP contribution in [0.25, 0.3) is 0 Å². The van der Waals surface area contributed by atoms with E-state index in [4.69, 9.17) is 10.5 Å². The van der Waals surface area contributed by atoms with E-state index < -0.39 is 0 Å². The second kappa shape index (κ2) is 10.1. The zero-order chi connectivity index (χ0) is 17.4. The van der Waals surface area contributed by atoms with Crippen molar-refractivity contribution in [2.75, 3.05) is 6.54 Å². The van der Waals surface area contributed by atoms with Gasteiger partial charge in [-0.1, -0.05) is 50.2 Å². The number of halogens is 1. The normalized spacial score (nSPS) is 10.7. The summed E-state index contributed by atoms with van der Waals surface area (Å²) in [5.41, 5.74) is 7.38. The Morgan fingerprint density at radius 2 is 1.64 bits per heavy atom. The summed E-state index contributed by atoms with van der Waals surface area (Å²) >= 11 is 0. The van der Waals surface area contributed by atoms with Crippen molar-refractivity contribution >= 4 is 18.3 Å². The number of nitrogens with two attached hydrogens (primary N) is 1. The van der Waals surface area contributed by atoms with E-state index in [1.54, 1.807) is 0 Å². The number of benzene rings is 2. The lowest BCUT2D eigenvalue weighted by Gasteiger charge is -2.27. The van der Waals surface area contributed by atoms with Crippen molar-refractivity contribution < 1.29 is 9.53 Å². The van der Waals surface area contributed by atoms with Crippen LogP contribution in [-0.4, -0.2) is 18.0 Å². The van der Waals surface area contributed by atoms with Crippen molar-refractivity contribution in [3.63, 3.8) is 0 Å². The molecule has 0 saturated heterocycles. The molecule has 1 amide bonds. The van der Waals surface area contributed by atoms with Gasteiger partial charge in [0.1, 0.15) is 12.4 Å². The maximum absolute atomic E-state index is 12.5. The maximum atomic E-state index is 12.5. The Kier molecular flexibility index (Phi) is 8.46. The van der Waals surface area contributed by atoms with Gasteiger partial charge in [0.25, 0.3) is 5.91 Å². The number of amides is 1. The molecule has 3 N–H and O–H groups in total. The minimum Gasteiger partial charge on any atom is -0.489 e. The molecule has 0 aromatic heterocycles. The number of para-hydroxylation sites is 1. The Bertz CT molecular complexity index is 658. The Balaban J connectivity index is 0.00000312. The number of carbonyl (C=O) groups is 1. The molecule has 0 atom stereocenters. The lowest BCUT2D eigenvalue weighted by Crippen LogP contribution is -2.49. The molecule has 0 spiro atoms. The smallest absolute Gasteiger partial charge is 0.251 e. The van der Waals surface area contributed by atoms with Gasteiger partial charge in [-0.3, -0.25) is 4.79 Å². The molecule has 0 aliphatic heterocycles. The third-order valence-corrected chi connectivity index (χ3v) is 4.41. The first-order valence-electron chi connectivity index (χ1n) is 8.41. The maximum Gasteiger partial charge on any atom is 0.251 e. The van der Waals surface area contributed by atoms with Gasteiger partial charge < -0.3 is 15.8 Å². The summed E-state index contributed by atoms with van der Waals surface area (Å²) in [6, 6.07) is 17.1. The molecule has 0 saturated carbocycles. The van der Waals surface area contributed by atoms with Gasteiger partial charge in [-0.15, -0.1) is 12.4 Å². The number of hydrogen-bond donors (Lipinski definition) is 2. The van der Waals surface area contributed by atoms with Crippen molar-refractivity contribution in [2.45, 2.75) is 38.8 Å². The van der Waals surface area contributed by atoms with E-state index >= 15 is 0 Å². The van der Waals surface area contributed by atoms with Gasteiger partial charge in [0, 0.05) is 23.2 Å². The summed E-state index contributed by atoms with van der Waals surface area (Å²) in [5.74, 6) is 0.671. The van der Waals surface area contributed by atoms with Crippen molar-refractivity contribution in [1.29, 1.82) is 0 Å². The highest BCUT2D eigenvalue weighted by atomic mass is 35.5. The van der Waals surface area contributed by atoms with Crippen LogP contribution < -0.4 is 15.8 Å². The third kappa shape index (κ3) is 6.07. The van der Waals surface area contributed by atoms with Crippen LogP contribution in [0.4, 0.5) is 0 Å². The summed E-state index contributed by atoms with van der Waals surface area (Å²) in [6.07, 6.45) is 1.64. The van der Waals surface area contributed by atoms with E-state index in [1.807, 2.05) is 68.4 Å². The molecule has 0 aliphatic rings. The highest BCUT2D eigenvalue weighted by molar-refractivity contribution is 5.95. The molecule has 4 nitrogen and oxygen atoms in total. The van der Waals surface area contributed by atoms with Gasteiger partial charge in [-0.25, -0.2) is 0 Å². The number of carbonyl (C=O) groups excluding carboxylic acids is 1. The topological polar surface area (TPSA) is 64.3 Å². The summed E-state index contributed by atoms with van der Waals surface area (Å²) in [6.45, 7) is 4.89. The third-order valence-electron chi connectivity index (χ3n) is 4.41.